The minimum Gasteiger partial charge on any atom is -0.756 e. The van der Waals surface area contributed by atoms with E-state index in [0.717, 1.165) is 122 Å². The van der Waals surface area contributed by atoms with Crippen LogP contribution >= 0.6 is 7.82 Å². The predicted octanol–water partition coefficient (Wildman–Crippen LogP) is 20.6. The molecule has 0 aromatic heterocycles. The highest BCUT2D eigenvalue weighted by atomic mass is 31.2. The second-order valence-electron chi connectivity index (χ2n) is 23.1. The van der Waals surface area contributed by atoms with Gasteiger partial charge in [0, 0.05) is 6.42 Å². The Bertz CT molecular complexity index is 1840. The molecular formula is C73H125N2O6P. The van der Waals surface area contributed by atoms with E-state index in [9.17, 15) is 19.4 Å². The Kier molecular flexibility index (Phi) is 59.2. The highest BCUT2D eigenvalue weighted by Crippen LogP contribution is 2.38. The van der Waals surface area contributed by atoms with Crippen LogP contribution in [0.2, 0.25) is 0 Å². The molecule has 82 heavy (non-hydrogen) atoms. The number of nitrogens with one attached hydrogen (secondary N) is 1. The van der Waals surface area contributed by atoms with Crippen molar-refractivity contribution in [2.24, 2.45) is 0 Å². The second kappa shape index (κ2) is 61.9. The number of rotatable bonds is 59. The van der Waals surface area contributed by atoms with Crippen LogP contribution in [0.5, 0.6) is 0 Å². The number of likely N-dealkylation sites (N-methyl/N-ethyl adjacent to an activating group) is 1. The van der Waals surface area contributed by atoms with Crippen LogP contribution in [0.3, 0.4) is 0 Å². The molecule has 0 aliphatic rings. The number of quaternary nitrogens is 1. The van der Waals surface area contributed by atoms with Gasteiger partial charge in [-0.1, -0.05) is 282 Å². The van der Waals surface area contributed by atoms with Crippen molar-refractivity contribution < 1.29 is 32.9 Å². The lowest BCUT2D eigenvalue weighted by atomic mass is 10.0. The van der Waals surface area contributed by atoms with E-state index in [1.54, 1.807) is 6.08 Å². The maximum atomic E-state index is 13.0. The van der Waals surface area contributed by atoms with Crippen molar-refractivity contribution in [2.45, 2.75) is 270 Å². The Labute approximate surface area is 506 Å². The molecule has 468 valence electrons. The van der Waals surface area contributed by atoms with E-state index in [-0.39, 0.29) is 12.5 Å². The van der Waals surface area contributed by atoms with Crippen molar-refractivity contribution in [3.8, 4) is 0 Å². The maximum Gasteiger partial charge on any atom is 0.268 e. The zero-order chi connectivity index (χ0) is 59.8. The molecule has 3 unspecified atom stereocenters. The summed E-state index contributed by atoms with van der Waals surface area (Å²) in [4.78, 5) is 25.6. The SMILES string of the molecule is CC/C=C\C/C=C\C/C=C\C/C=C\C/C=C\C/C=C\C/C=C\C/C=C\C/C=C\CCCCCCCC(=O)NC(COP(=O)([O-])OCC[N+](C)(C)C)C(O)/C=C/CC/C=C/CC/C=C/CCCCCCCCCCCCCCCCCCC. The van der Waals surface area contributed by atoms with Crippen LogP contribution in [0.4, 0.5) is 0 Å². The number of carbonyl (C=O) groups excluding carboxylic acids is 1. The molecule has 0 aliphatic carbocycles. The van der Waals surface area contributed by atoms with E-state index in [1.807, 2.05) is 27.2 Å². The quantitative estimate of drug-likeness (QED) is 0.0272. The van der Waals surface area contributed by atoms with Crippen LogP contribution in [-0.2, 0) is 18.4 Å². The van der Waals surface area contributed by atoms with Gasteiger partial charge in [-0.3, -0.25) is 9.36 Å². The Morgan fingerprint density at radius 3 is 1.13 bits per heavy atom. The average molecular weight is 1160 g/mol. The molecule has 0 fully saturated rings. The molecule has 3 atom stereocenters. The molecule has 0 radical (unpaired) electrons. The van der Waals surface area contributed by atoms with E-state index in [0.29, 0.717) is 17.4 Å². The molecule has 8 nitrogen and oxygen atoms in total. The van der Waals surface area contributed by atoms with Gasteiger partial charge in [0.25, 0.3) is 7.82 Å². The second-order valence-corrected chi connectivity index (χ2v) is 24.5. The molecule has 0 saturated carbocycles. The van der Waals surface area contributed by atoms with E-state index in [4.69, 9.17) is 9.05 Å². The lowest BCUT2D eigenvalue weighted by molar-refractivity contribution is -0.870. The van der Waals surface area contributed by atoms with Gasteiger partial charge in [0.2, 0.25) is 5.91 Å². The fourth-order valence-corrected chi connectivity index (χ4v) is 9.61. The third kappa shape index (κ3) is 64.0. The summed E-state index contributed by atoms with van der Waals surface area (Å²) in [5.41, 5.74) is 0. The van der Waals surface area contributed by atoms with Gasteiger partial charge in [-0.25, -0.2) is 0 Å². The Balaban J connectivity index is 4.30. The van der Waals surface area contributed by atoms with Crippen LogP contribution in [-0.4, -0.2) is 68.5 Å². The third-order valence-electron chi connectivity index (χ3n) is 14.0. The number of allylic oxidation sites excluding steroid dienone is 23. The summed E-state index contributed by atoms with van der Waals surface area (Å²) in [6.07, 6.45) is 95.2. The van der Waals surface area contributed by atoms with E-state index < -0.39 is 26.6 Å². The van der Waals surface area contributed by atoms with Gasteiger partial charge >= 0.3 is 0 Å². The number of hydrogen-bond donors (Lipinski definition) is 2. The van der Waals surface area contributed by atoms with E-state index in [1.165, 1.54) is 116 Å². The Morgan fingerprint density at radius 2 is 0.756 bits per heavy atom. The number of hydrogen-bond acceptors (Lipinski definition) is 6. The minimum atomic E-state index is -4.63. The zero-order valence-corrected chi connectivity index (χ0v) is 54.3. The van der Waals surface area contributed by atoms with E-state index in [2.05, 4.69) is 153 Å². The first-order valence-electron chi connectivity index (χ1n) is 33.2. The molecule has 0 bridgehead atoms. The highest BCUT2D eigenvalue weighted by molar-refractivity contribution is 7.45. The molecule has 9 heteroatoms. The lowest BCUT2D eigenvalue weighted by Gasteiger charge is -2.29. The number of aliphatic hydroxyl groups excluding tert-OH is 1. The monoisotopic (exact) mass is 1160 g/mol. The van der Waals surface area contributed by atoms with Gasteiger partial charge in [0.05, 0.1) is 39.9 Å². The first kappa shape index (κ1) is 78.4. The maximum absolute atomic E-state index is 13.0. The molecule has 0 aliphatic heterocycles. The fraction of sp³-hybridized carbons (Fsp3) is 0.658. The van der Waals surface area contributed by atoms with Gasteiger partial charge in [0.15, 0.2) is 0 Å². The van der Waals surface area contributed by atoms with Crippen LogP contribution in [0.1, 0.15) is 258 Å². The summed E-state index contributed by atoms with van der Waals surface area (Å²) in [6, 6.07) is -0.934. The summed E-state index contributed by atoms with van der Waals surface area (Å²) in [5, 5.41) is 13.9. The van der Waals surface area contributed by atoms with E-state index >= 15 is 0 Å². The van der Waals surface area contributed by atoms with Gasteiger partial charge < -0.3 is 28.8 Å². The number of phosphoric acid groups is 1. The van der Waals surface area contributed by atoms with Crippen molar-refractivity contribution in [1.82, 2.24) is 5.32 Å². The molecule has 0 aromatic carbocycles. The van der Waals surface area contributed by atoms with Gasteiger partial charge in [-0.15, -0.1) is 0 Å². The van der Waals surface area contributed by atoms with Crippen LogP contribution in [0, 0.1) is 0 Å². The van der Waals surface area contributed by atoms with Crippen molar-refractivity contribution in [3.63, 3.8) is 0 Å². The summed E-state index contributed by atoms with van der Waals surface area (Å²) < 4.78 is 23.4. The smallest absolute Gasteiger partial charge is 0.268 e. The number of unbranched alkanes of at least 4 members (excludes halogenated alkanes) is 24. The van der Waals surface area contributed by atoms with Crippen molar-refractivity contribution in [2.75, 3.05) is 40.9 Å². The number of phosphoric ester groups is 1. The standard InChI is InChI=1S/C73H125N2O6P/c1-6-8-10-12-14-16-18-20-22-24-26-28-30-32-34-35-36-37-38-39-41-43-45-47-49-51-53-55-57-59-61-63-65-67-73(77)74-71(70-81-82(78,79)80-69-68-75(3,4)5)72(76)66-64-62-60-58-56-54-52-50-48-46-44-42-40-33-31-29-27-25-23-21-19-17-15-13-11-9-7-2/h8,10,14,16,20,22,26,28,32,34,36-37,39,41,45,47-48,50-51,53,56,58,64,66,71-72,76H,6-7,9,11-13,15,17-19,21,23-25,27,29-31,33,35,38,40,42-44,46,49,52,54-55,57,59-63,65,67-70H2,1-5H3,(H-,74,77,78,79)/b10-8-,16-14-,22-20-,28-26-,34-32-,37-36-,41-39-,47-45-,50-48+,53-51-,58-56+,66-64+. The van der Waals surface area contributed by atoms with Crippen LogP contribution in [0.25, 0.3) is 0 Å². The van der Waals surface area contributed by atoms with Crippen LogP contribution in [0.15, 0.2) is 146 Å². The zero-order valence-electron chi connectivity index (χ0n) is 53.4. The summed E-state index contributed by atoms with van der Waals surface area (Å²) in [7, 11) is 1.20. The molecule has 1 amide bonds. The Morgan fingerprint density at radius 1 is 0.439 bits per heavy atom. The van der Waals surface area contributed by atoms with Gasteiger partial charge in [0.1, 0.15) is 13.2 Å². The van der Waals surface area contributed by atoms with Crippen molar-refractivity contribution in [1.29, 1.82) is 0 Å². The van der Waals surface area contributed by atoms with Gasteiger partial charge in [-0.2, -0.15) is 0 Å². The number of aliphatic hydroxyl groups is 1. The molecule has 0 saturated heterocycles. The third-order valence-corrected chi connectivity index (χ3v) is 15.0. The molecule has 0 rings (SSSR count). The van der Waals surface area contributed by atoms with Crippen LogP contribution < -0.4 is 10.2 Å². The first-order chi connectivity index (χ1) is 40.0. The molecule has 0 heterocycles. The highest BCUT2D eigenvalue weighted by Gasteiger charge is 2.23. The largest absolute Gasteiger partial charge is 0.756 e. The summed E-state index contributed by atoms with van der Waals surface area (Å²) in [6.45, 7) is 4.49. The molecule has 2 N–H and O–H groups in total. The average Bonchev–Trinajstić information content (AvgIpc) is 3.47. The minimum absolute atomic E-state index is 0.0213. The predicted molar refractivity (Wildman–Crippen MR) is 357 cm³/mol. The summed E-state index contributed by atoms with van der Waals surface area (Å²) >= 11 is 0. The number of carbonyl (C=O) groups is 1. The normalized spacial score (nSPS) is 14.7. The van der Waals surface area contributed by atoms with Crippen molar-refractivity contribution >= 4 is 13.7 Å². The first-order valence-corrected chi connectivity index (χ1v) is 34.7. The number of nitrogens with zero attached hydrogens (tertiary/aromatic N) is 1. The van der Waals surface area contributed by atoms with Crippen molar-refractivity contribution in [3.05, 3.63) is 146 Å². The van der Waals surface area contributed by atoms with Gasteiger partial charge in [-0.05, 0) is 116 Å². The lowest BCUT2D eigenvalue weighted by Crippen LogP contribution is -2.45. The number of amides is 1. The summed E-state index contributed by atoms with van der Waals surface area (Å²) in [5.74, 6) is -0.235. The fourth-order valence-electron chi connectivity index (χ4n) is 8.88. The molecular weight excluding hydrogens is 1030 g/mol. The topological polar surface area (TPSA) is 108 Å². The molecule has 0 spiro atoms. The molecule has 0 aromatic rings. The Hall–Kier alpha value is -3.62.